The molecular weight excluding hydrogens is 254 g/mol. The number of carboxylic acid groups (broad SMARTS) is 1. The highest BCUT2D eigenvalue weighted by atomic mass is 16.5. The Morgan fingerprint density at radius 3 is 2.85 bits per heavy atom. The van der Waals surface area contributed by atoms with Gasteiger partial charge >= 0.3 is 5.97 Å². The van der Waals surface area contributed by atoms with Gasteiger partial charge in [-0.25, -0.2) is 0 Å². The van der Waals surface area contributed by atoms with Crippen LogP contribution < -0.4 is 10.5 Å². The molecule has 0 spiro atoms. The minimum atomic E-state index is -0.823. The highest BCUT2D eigenvalue weighted by Gasteiger charge is 2.44. The molecule has 1 aromatic carbocycles. The summed E-state index contributed by atoms with van der Waals surface area (Å²) in [6.07, 6.45) is 3.80. The van der Waals surface area contributed by atoms with Crippen molar-refractivity contribution in [2.45, 2.75) is 31.7 Å². The van der Waals surface area contributed by atoms with E-state index in [1.807, 2.05) is 24.3 Å². The van der Waals surface area contributed by atoms with Gasteiger partial charge in [-0.15, -0.1) is 0 Å². The molecule has 20 heavy (non-hydrogen) atoms. The van der Waals surface area contributed by atoms with Gasteiger partial charge in [-0.2, -0.15) is 0 Å². The van der Waals surface area contributed by atoms with Crippen molar-refractivity contribution in [3.63, 3.8) is 0 Å². The average Bonchev–Trinajstić information content (AvgIpc) is 2.35. The Balaban J connectivity index is 1.56. The van der Waals surface area contributed by atoms with E-state index in [0.717, 1.165) is 17.2 Å². The lowest BCUT2D eigenvalue weighted by Gasteiger charge is -2.49. The second-order valence-electron chi connectivity index (χ2n) is 6.20. The quantitative estimate of drug-likeness (QED) is 0.862. The second kappa shape index (κ2) is 5.44. The van der Waals surface area contributed by atoms with E-state index in [1.165, 1.54) is 19.3 Å². The molecule has 3 aliphatic rings. The molecule has 2 unspecified atom stereocenters. The predicted molar refractivity (Wildman–Crippen MR) is 75.6 cm³/mol. The highest BCUT2D eigenvalue weighted by Crippen LogP contribution is 2.47. The SMILES string of the molecule is NC1C(COc2cccc(CC(=O)O)c2)CC2CC1C2. The number of nitrogens with two attached hydrogens (primary N) is 1. The van der Waals surface area contributed by atoms with Crippen LogP contribution in [0.5, 0.6) is 5.75 Å². The van der Waals surface area contributed by atoms with Gasteiger partial charge in [-0.1, -0.05) is 12.1 Å². The summed E-state index contributed by atoms with van der Waals surface area (Å²) in [5.74, 6) is 1.91. The number of hydrogen-bond donors (Lipinski definition) is 2. The molecule has 0 radical (unpaired) electrons. The molecule has 0 heterocycles. The molecule has 3 aliphatic carbocycles. The zero-order chi connectivity index (χ0) is 14.1. The van der Waals surface area contributed by atoms with Crippen molar-refractivity contribution < 1.29 is 14.6 Å². The van der Waals surface area contributed by atoms with E-state index in [1.54, 1.807) is 0 Å². The maximum absolute atomic E-state index is 10.7. The third kappa shape index (κ3) is 2.80. The van der Waals surface area contributed by atoms with Crippen molar-refractivity contribution in [1.82, 2.24) is 0 Å². The van der Waals surface area contributed by atoms with Crippen LogP contribution in [-0.4, -0.2) is 23.7 Å². The van der Waals surface area contributed by atoms with Gasteiger partial charge < -0.3 is 15.6 Å². The van der Waals surface area contributed by atoms with Gasteiger partial charge in [0.1, 0.15) is 5.75 Å². The maximum Gasteiger partial charge on any atom is 0.307 e. The lowest BCUT2D eigenvalue weighted by atomic mass is 9.59. The topological polar surface area (TPSA) is 72.5 Å². The molecule has 3 saturated carbocycles. The van der Waals surface area contributed by atoms with Crippen molar-refractivity contribution >= 4 is 5.97 Å². The largest absolute Gasteiger partial charge is 0.493 e. The molecule has 3 fully saturated rings. The van der Waals surface area contributed by atoms with E-state index < -0.39 is 5.97 Å². The Kier molecular flexibility index (Phi) is 3.66. The van der Waals surface area contributed by atoms with E-state index in [-0.39, 0.29) is 12.5 Å². The first-order valence-corrected chi connectivity index (χ1v) is 7.31. The molecular formula is C16H21NO3. The number of carbonyl (C=O) groups is 1. The molecule has 0 saturated heterocycles. The first kappa shape index (κ1) is 13.4. The number of ether oxygens (including phenoxy) is 1. The Morgan fingerprint density at radius 2 is 2.15 bits per heavy atom. The minimum Gasteiger partial charge on any atom is -0.493 e. The summed E-state index contributed by atoms with van der Waals surface area (Å²) in [4.78, 5) is 10.7. The summed E-state index contributed by atoms with van der Waals surface area (Å²) in [7, 11) is 0. The van der Waals surface area contributed by atoms with Crippen molar-refractivity contribution in [2.24, 2.45) is 23.5 Å². The molecule has 4 nitrogen and oxygen atoms in total. The standard InChI is InChI=1S/C16H21NO3/c17-16-12-4-11(5-12)6-13(16)9-20-14-3-1-2-10(7-14)8-15(18)19/h1-3,7,11-13,16H,4-6,8-9,17H2,(H,18,19). The lowest BCUT2D eigenvalue weighted by Crippen LogP contribution is -2.52. The van der Waals surface area contributed by atoms with Crippen LogP contribution in [0.4, 0.5) is 0 Å². The fourth-order valence-corrected chi connectivity index (χ4v) is 3.57. The molecule has 108 valence electrons. The average molecular weight is 275 g/mol. The molecule has 2 atom stereocenters. The number of carboxylic acids is 1. The minimum absolute atomic E-state index is 0.0320. The molecule has 4 heteroatoms. The molecule has 4 rings (SSSR count). The Labute approximate surface area is 118 Å². The molecule has 3 N–H and O–H groups in total. The van der Waals surface area contributed by atoms with Crippen LogP contribution >= 0.6 is 0 Å². The lowest BCUT2D eigenvalue weighted by molar-refractivity contribution is -0.136. The van der Waals surface area contributed by atoms with Gasteiger partial charge in [0.2, 0.25) is 0 Å². The zero-order valence-electron chi connectivity index (χ0n) is 11.5. The third-order valence-electron chi connectivity index (χ3n) is 4.71. The molecule has 0 amide bonds. The summed E-state index contributed by atoms with van der Waals surface area (Å²) in [6.45, 7) is 0.644. The smallest absolute Gasteiger partial charge is 0.307 e. The molecule has 2 bridgehead atoms. The number of rotatable bonds is 5. The van der Waals surface area contributed by atoms with Crippen molar-refractivity contribution in [1.29, 1.82) is 0 Å². The van der Waals surface area contributed by atoms with Crippen LogP contribution in [0, 0.1) is 17.8 Å². The van der Waals surface area contributed by atoms with Gasteiger partial charge in [0.05, 0.1) is 13.0 Å². The van der Waals surface area contributed by atoms with Crippen molar-refractivity contribution in [2.75, 3.05) is 6.61 Å². The summed E-state index contributed by atoms with van der Waals surface area (Å²) in [6, 6.07) is 7.60. The van der Waals surface area contributed by atoms with Crippen molar-refractivity contribution in [3.8, 4) is 5.75 Å². The molecule has 0 aromatic heterocycles. The summed E-state index contributed by atoms with van der Waals surface area (Å²) < 4.78 is 5.83. The van der Waals surface area contributed by atoms with Crippen LogP contribution in [0.2, 0.25) is 0 Å². The highest BCUT2D eigenvalue weighted by molar-refractivity contribution is 5.70. The first-order chi connectivity index (χ1) is 9.61. The number of benzene rings is 1. The fraction of sp³-hybridized carbons (Fsp3) is 0.562. The van der Waals surface area contributed by atoms with Crippen LogP contribution in [0.15, 0.2) is 24.3 Å². The summed E-state index contributed by atoms with van der Waals surface area (Å²) in [5.41, 5.74) is 7.03. The predicted octanol–water partition coefficient (Wildman–Crippen LogP) is 2.07. The number of hydrogen-bond acceptors (Lipinski definition) is 3. The van der Waals surface area contributed by atoms with Crippen LogP contribution in [-0.2, 0) is 11.2 Å². The number of aliphatic carboxylic acids is 1. The van der Waals surface area contributed by atoms with Crippen molar-refractivity contribution in [3.05, 3.63) is 29.8 Å². The van der Waals surface area contributed by atoms with E-state index in [2.05, 4.69) is 0 Å². The molecule has 0 aliphatic heterocycles. The molecule has 1 aromatic rings. The maximum atomic E-state index is 10.7. The van der Waals surface area contributed by atoms with E-state index >= 15 is 0 Å². The van der Waals surface area contributed by atoms with Crippen LogP contribution in [0.3, 0.4) is 0 Å². The van der Waals surface area contributed by atoms with Gasteiger partial charge in [0, 0.05) is 12.0 Å². The van der Waals surface area contributed by atoms with E-state index in [9.17, 15) is 4.79 Å². The van der Waals surface area contributed by atoms with E-state index in [4.69, 9.17) is 15.6 Å². The third-order valence-corrected chi connectivity index (χ3v) is 4.71. The normalized spacial score (nSPS) is 31.4. The first-order valence-electron chi connectivity index (χ1n) is 7.31. The zero-order valence-corrected chi connectivity index (χ0v) is 11.5. The van der Waals surface area contributed by atoms with Gasteiger partial charge in [-0.3, -0.25) is 4.79 Å². The Morgan fingerprint density at radius 1 is 1.35 bits per heavy atom. The van der Waals surface area contributed by atoms with Gasteiger partial charge in [-0.05, 0) is 48.8 Å². The van der Waals surface area contributed by atoms with E-state index in [0.29, 0.717) is 18.4 Å². The monoisotopic (exact) mass is 275 g/mol. The Hall–Kier alpha value is -1.55. The van der Waals surface area contributed by atoms with Gasteiger partial charge in [0.25, 0.3) is 0 Å². The summed E-state index contributed by atoms with van der Waals surface area (Å²) >= 11 is 0. The van der Waals surface area contributed by atoms with Gasteiger partial charge in [0.15, 0.2) is 0 Å². The summed E-state index contributed by atoms with van der Waals surface area (Å²) in [5, 5.41) is 8.80. The van der Waals surface area contributed by atoms with Crippen LogP contribution in [0.25, 0.3) is 0 Å². The second-order valence-corrected chi connectivity index (χ2v) is 6.20. The number of fused-ring (bicyclic) bond motifs is 2. The fourth-order valence-electron chi connectivity index (χ4n) is 3.57. The Bertz CT molecular complexity index is 496. The van der Waals surface area contributed by atoms with Crippen LogP contribution in [0.1, 0.15) is 24.8 Å².